The minimum Gasteiger partial charge on any atom is -0.456 e. The highest BCUT2D eigenvalue weighted by atomic mass is 16.3. The van der Waals surface area contributed by atoms with Crippen LogP contribution in [0.5, 0.6) is 0 Å². The van der Waals surface area contributed by atoms with E-state index in [9.17, 15) is 0 Å². The smallest absolute Gasteiger partial charge is 0.166 e. The summed E-state index contributed by atoms with van der Waals surface area (Å²) >= 11 is 0. The fraction of sp³-hybridized carbons (Fsp3) is 0. The second-order valence-electron chi connectivity index (χ2n) is 14.4. The van der Waals surface area contributed by atoms with E-state index in [1.807, 2.05) is 60.7 Å². The first-order valence-electron chi connectivity index (χ1n) is 19.0. The molecule has 0 aliphatic rings. The van der Waals surface area contributed by atoms with Crippen molar-refractivity contribution in [2.75, 3.05) is 0 Å². The third-order valence-corrected chi connectivity index (χ3v) is 11.1. The first-order chi connectivity index (χ1) is 28.2. The molecule has 0 N–H and O–H groups in total. The van der Waals surface area contributed by atoms with Crippen molar-refractivity contribution in [3.8, 4) is 51.0 Å². The van der Waals surface area contributed by atoms with Gasteiger partial charge in [0.25, 0.3) is 0 Å². The molecule has 8 aromatic carbocycles. The highest BCUT2D eigenvalue weighted by Gasteiger charge is 2.23. The summed E-state index contributed by atoms with van der Waals surface area (Å²) in [5.41, 5.74) is 11.3. The summed E-state index contributed by atoms with van der Waals surface area (Å²) in [5.74, 6) is 1.74. The Kier molecular flexibility index (Phi) is 6.83. The average Bonchev–Trinajstić information content (AvgIpc) is 3.96. The Morgan fingerprint density at radius 1 is 0.351 bits per heavy atom. The molecule has 0 saturated carbocycles. The molecule has 6 heteroatoms. The van der Waals surface area contributed by atoms with E-state index in [1.54, 1.807) is 0 Å². The number of hydrogen-bond donors (Lipinski definition) is 0. The molecule has 12 aromatic rings. The minimum absolute atomic E-state index is 0.568. The second-order valence-corrected chi connectivity index (χ2v) is 14.4. The van der Waals surface area contributed by atoms with Crippen molar-refractivity contribution < 1.29 is 8.83 Å². The lowest BCUT2D eigenvalue weighted by Crippen LogP contribution is -2.02. The van der Waals surface area contributed by atoms with Gasteiger partial charge in [-0.2, -0.15) is 0 Å². The molecule has 0 saturated heterocycles. The summed E-state index contributed by atoms with van der Waals surface area (Å²) in [6.07, 6.45) is 0. The van der Waals surface area contributed by atoms with Crippen LogP contribution in [-0.2, 0) is 0 Å². The van der Waals surface area contributed by atoms with E-state index >= 15 is 0 Å². The van der Waals surface area contributed by atoms with Crippen molar-refractivity contribution in [2.24, 2.45) is 0 Å². The van der Waals surface area contributed by atoms with E-state index in [0.717, 1.165) is 99.2 Å². The van der Waals surface area contributed by atoms with Crippen LogP contribution in [0.3, 0.4) is 0 Å². The minimum atomic E-state index is 0.568. The predicted molar refractivity (Wildman–Crippen MR) is 230 cm³/mol. The highest BCUT2D eigenvalue weighted by molar-refractivity contribution is 6.17. The lowest BCUT2D eigenvalue weighted by molar-refractivity contribution is 0.668. The fourth-order valence-electron chi connectivity index (χ4n) is 8.46. The van der Waals surface area contributed by atoms with Gasteiger partial charge in [0.05, 0.1) is 22.1 Å². The van der Waals surface area contributed by atoms with E-state index in [1.165, 1.54) is 0 Å². The van der Waals surface area contributed by atoms with Gasteiger partial charge in [-0.25, -0.2) is 15.0 Å². The maximum absolute atomic E-state index is 6.62. The molecule has 0 spiro atoms. The van der Waals surface area contributed by atoms with Crippen LogP contribution < -0.4 is 0 Å². The van der Waals surface area contributed by atoms with Crippen molar-refractivity contribution in [2.45, 2.75) is 0 Å². The van der Waals surface area contributed by atoms with Gasteiger partial charge in [-0.3, -0.25) is 0 Å². The molecular formula is C51H30N4O2. The molecule has 0 amide bonds. The number of benzene rings is 8. The molecule has 0 unspecified atom stereocenters. The first kappa shape index (κ1) is 31.5. The molecule has 6 nitrogen and oxygen atoms in total. The van der Waals surface area contributed by atoms with Gasteiger partial charge in [0.15, 0.2) is 17.5 Å². The van der Waals surface area contributed by atoms with Crippen LogP contribution >= 0.6 is 0 Å². The van der Waals surface area contributed by atoms with Crippen LogP contribution in [-0.4, -0.2) is 19.5 Å². The zero-order valence-corrected chi connectivity index (χ0v) is 30.4. The molecular weight excluding hydrogens is 701 g/mol. The fourth-order valence-corrected chi connectivity index (χ4v) is 8.46. The average molecular weight is 731 g/mol. The van der Waals surface area contributed by atoms with Crippen LogP contribution in [0, 0.1) is 0 Å². The Morgan fingerprint density at radius 2 is 0.930 bits per heavy atom. The van der Waals surface area contributed by atoms with Gasteiger partial charge in [0.2, 0.25) is 0 Å². The molecule has 0 radical (unpaired) electrons. The lowest BCUT2D eigenvalue weighted by Gasteiger charge is -2.13. The molecule has 0 aliphatic carbocycles. The van der Waals surface area contributed by atoms with Gasteiger partial charge < -0.3 is 13.4 Å². The first-order valence-corrected chi connectivity index (χ1v) is 19.0. The monoisotopic (exact) mass is 730 g/mol. The maximum atomic E-state index is 6.62. The van der Waals surface area contributed by atoms with E-state index in [4.69, 9.17) is 23.8 Å². The quantitative estimate of drug-likeness (QED) is 0.176. The van der Waals surface area contributed by atoms with Gasteiger partial charge in [0.1, 0.15) is 22.3 Å². The third kappa shape index (κ3) is 4.94. The standard InChI is InChI=1S/C51H30N4O2/c1-3-13-31(14-4-1)33-25-28-39-46(29-33)57-44-24-12-22-42(47(39)44)55-41-21-9-7-17-35(41)38-19-11-20-40(48(38)55)51-53-49(32-15-5-2-6-16-32)52-50(54-51)34-26-27-37-36-18-8-10-23-43(36)56-45(37)30-34/h1-30H. The van der Waals surface area contributed by atoms with E-state index in [0.29, 0.717) is 17.5 Å². The van der Waals surface area contributed by atoms with Gasteiger partial charge in [-0.15, -0.1) is 0 Å². The third-order valence-electron chi connectivity index (χ3n) is 11.1. The van der Waals surface area contributed by atoms with Crippen LogP contribution in [0.4, 0.5) is 0 Å². The molecule has 4 aromatic heterocycles. The summed E-state index contributed by atoms with van der Waals surface area (Å²) in [4.78, 5) is 15.6. The van der Waals surface area contributed by atoms with Crippen molar-refractivity contribution in [3.05, 3.63) is 182 Å². The molecule has 12 rings (SSSR count). The molecule has 0 fully saturated rings. The molecule has 0 atom stereocenters. The molecule has 266 valence electrons. The highest BCUT2D eigenvalue weighted by Crippen LogP contribution is 2.42. The predicted octanol–water partition coefficient (Wildman–Crippen LogP) is 13.4. The van der Waals surface area contributed by atoms with E-state index in [2.05, 4.69) is 126 Å². The maximum Gasteiger partial charge on any atom is 0.166 e. The zero-order valence-electron chi connectivity index (χ0n) is 30.4. The summed E-state index contributed by atoms with van der Waals surface area (Å²) < 4.78 is 15.3. The summed E-state index contributed by atoms with van der Waals surface area (Å²) in [6, 6.07) is 62.6. The zero-order chi connectivity index (χ0) is 37.5. The van der Waals surface area contributed by atoms with E-state index in [-0.39, 0.29) is 0 Å². The number of nitrogens with zero attached hydrogens (tertiary/aromatic N) is 4. The number of hydrogen-bond acceptors (Lipinski definition) is 5. The van der Waals surface area contributed by atoms with Gasteiger partial charge in [0, 0.05) is 43.6 Å². The Labute approximate surface area is 325 Å². The molecule has 4 heterocycles. The van der Waals surface area contributed by atoms with Gasteiger partial charge in [-0.1, -0.05) is 127 Å². The van der Waals surface area contributed by atoms with Crippen molar-refractivity contribution in [3.63, 3.8) is 0 Å². The Bertz CT molecular complexity index is 3530. The van der Waals surface area contributed by atoms with Crippen molar-refractivity contribution >= 4 is 65.7 Å². The largest absolute Gasteiger partial charge is 0.456 e. The summed E-state index contributed by atoms with van der Waals surface area (Å²) in [6.45, 7) is 0. The van der Waals surface area contributed by atoms with Crippen LogP contribution in [0.25, 0.3) is 117 Å². The second kappa shape index (κ2) is 12.3. The Balaban J connectivity index is 1.12. The Hall–Kier alpha value is -7.83. The number of fused-ring (bicyclic) bond motifs is 9. The van der Waals surface area contributed by atoms with Crippen LogP contribution in [0.1, 0.15) is 0 Å². The normalized spacial score (nSPS) is 11.9. The van der Waals surface area contributed by atoms with Gasteiger partial charge >= 0.3 is 0 Å². The SMILES string of the molecule is c1ccc(-c2ccc3c(c2)oc2cccc(-n4c5ccccc5c5cccc(-c6nc(-c7ccccc7)nc(-c7ccc8c(c7)oc7ccccc78)n6)c54)c23)cc1. The van der Waals surface area contributed by atoms with Crippen LogP contribution in [0.15, 0.2) is 191 Å². The van der Waals surface area contributed by atoms with Crippen molar-refractivity contribution in [1.29, 1.82) is 0 Å². The summed E-state index contributed by atoms with van der Waals surface area (Å²) in [7, 11) is 0. The topological polar surface area (TPSA) is 69.9 Å². The molecule has 0 bridgehead atoms. The van der Waals surface area contributed by atoms with Crippen molar-refractivity contribution in [1.82, 2.24) is 19.5 Å². The summed E-state index contributed by atoms with van der Waals surface area (Å²) in [5, 5.41) is 6.48. The number of aromatic nitrogens is 4. The lowest BCUT2D eigenvalue weighted by atomic mass is 10.0. The number of para-hydroxylation sites is 3. The van der Waals surface area contributed by atoms with E-state index < -0.39 is 0 Å². The number of furan rings is 2. The molecule has 57 heavy (non-hydrogen) atoms. The van der Waals surface area contributed by atoms with Crippen LogP contribution in [0.2, 0.25) is 0 Å². The Morgan fingerprint density at radius 3 is 1.79 bits per heavy atom. The number of rotatable bonds is 5. The molecule has 0 aliphatic heterocycles. The van der Waals surface area contributed by atoms with Gasteiger partial charge in [-0.05, 0) is 65.7 Å².